The van der Waals surface area contributed by atoms with E-state index in [9.17, 15) is 13.6 Å². The van der Waals surface area contributed by atoms with E-state index in [1.165, 1.54) is 18.2 Å². The Hall–Kier alpha value is -1.98. The quantitative estimate of drug-likeness (QED) is 0.750. The van der Waals surface area contributed by atoms with Crippen LogP contribution in [0.15, 0.2) is 42.5 Å². The van der Waals surface area contributed by atoms with Crippen molar-refractivity contribution in [3.63, 3.8) is 0 Å². The van der Waals surface area contributed by atoms with Crippen LogP contribution in [0.1, 0.15) is 30.5 Å². The molecule has 0 bridgehead atoms. The number of benzene rings is 2. The zero-order valence-electron chi connectivity index (χ0n) is 13.2. The third-order valence-corrected chi connectivity index (χ3v) is 3.89. The van der Waals surface area contributed by atoms with Gasteiger partial charge in [0.2, 0.25) is 0 Å². The fourth-order valence-corrected chi connectivity index (χ4v) is 2.63. The molecule has 1 N–H and O–H groups in total. The third kappa shape index (κ3) is 4.76. The Labute approximate surface area is 144 Å². The Kier molecular flexibility index (Phi) is 6.70. The lowest BCUT2D eigenvalue weighted by atomic mass is 10.0. The predicted octanol–water partition coefficient (Wildman–Crippen LogP) is 4.40. The van der Waals surface area contributed by atoms with E-state index in [0.29, 0.717) is 10.6 Å². The van der Waals surface area contributed by atoms with E-state index in [-0.39, 0.29) is 25.1 Å². The minimum Gasteiger partial charge on any atom is -0.466 e. The number of hydrogen-bond acceptors (Lipinski definition) is 3. The van der Waals surface area contributed by atoms with Gasteiger partial charge >= 0.3 is 5.97 Å². The lowest BCUT2D eigenvalue weighted by molar-refractivity contribution is -0.143. The van der Waals surface area contributed by atoms with E-state index in [4.69, 9.17) is 16.3 Å². The molecule has 0 saturated carbocycles. The average Bonchev–Trinajstić information content (AvgIpc) is 2.54. The molecule has 6 heteroatoms. The Balaban J connectivity index is 2.20. The monoisotopic (exact) mass is 353 g/mol. The Morgan fingerprint density at radius 1 is 1.17 bits per heavy atom. The summed E-state index contributed by atoms with van der Waals surface area (Å²) < 4.78 is 32.5. The summed E-state index contributed by atoms with van der Waals surface area (Å²) in [5.41, 5.74) is 0.586. The molecule has 0 radical (unpaired) electrons. The molecule has 2 aromatic rings. The summed E-state index contributed by atoms with van der Waals surface area (Å²) in [6.07, 6.45) is 0.00758. The van der Waals surface area contributed by atoms with Gasteiger partial charge in [-0.1, -0.05) is 35.9 Å². The van der Waals surface area contributed by atoms with Crippen molar-refractivity contribution < 1.29 is 18.3 Å². The molecule has 2 rings (SSSR count). The molecule has 3 nitrogen and oxygen atoms in total. The lowest BCUT2D eigenvalue weighted by Crippen LogP contribution is -2.25. The SMILES string of the molecule is CCOC(=O)CC(NCc1c(F)cccc1F)c1ccccc1Cl. The molecular formula is C18H18ClF2NO2. The van der Waals surface area contributed by atoms with Crippen LogP contribution in [0.2, 0.25) is 5.02 Å². The average molecular weight is 354 g/mol. The van der Waals surface area contributed by atoms with Crippen LogP contribution in [0, 0.1) is 11.6 Å². The van der Waals surface area contributed by atoms with Gasteiger partial charge in [0.15, 0.2) is 0 Å². The van der Waals surface area contributed by atoms with Crippen LogP contribution >= 0.6 is 11.6 Å². The fraction of sp³-hybridized carbons (Fsp3) is 0.278. The topological polar surface area (TPSA) is 38.3 Å². The maximum absolute atomic E-state index is 13.8. The first-order valence-corrected chi connectivity index (χ1v) is 7.97. The van der Waals surface area contributed by atoms with Crippen molar-refractivity contribution in [3.05, 3.63) is 70.2 Å². The summed E-state index contributed by atoms with van der Waals surface area (Å²) in [6, 6.07) is 10.2. The zero-order valence-corrected chi connectivity index (χ0v) is 13.9. The molecule has 1 atom stereocenters. The van der Waals surface area contributed by atoms with E-state index in [0.717, 1.165) is 0 Å². The zero-order chi connectivity index (χ0) is 17.5. The van der Waals surface area contributed by atoms with E-state index < -0.39 is 23.6 Å². The second-order valence-electron chi connectivity index (χ2n) is 5.16. The van der Waals surface area contributed by atoms with E-state index in [1.807, 2.05) is 0 Å². The highest BCUT2D eigenvalue weighted by Gasteiger charge is 2.20. The van der Waals surface area contributed by atoms with Crippen LogP contribution in [0.3, 0.4) is 0 Å². The van der Waals surface area contributed by atoms with Gasteiger partial charge < -0.3 is 10.1 Å². The van der Waals surface area contributed by atoms with Gasteiger partial charge in [0.25, 0.3) is 0 Å². The van der Waals surface area contributed by atoms with Gasteiger partial charge in [-0.3, -0.25) is 4.79 Å². The molecule has 0 aliphatic heterocycles. The Morgan fingerprint density at radius 3 is 2.46 bits per heavy atom. The first-order chi connectivity index (χ1) is 11.5. The largest absolute Gasteiger partial charge is 0.466 e. The number of nitrogens with one attached hydrogen (secondary N) is 1. The smallest absolute Gasteiger partial charge is 0.307 e. The molecule has 0 fully saturated rings. The highest BCUT2D eigenvalue weighted by molar-refractivity contribution is 6.31. The molecule has 0 heterocycles. The Morgan fingerprint density at radius 2 is 1.83 bits per heavy atom. The van der Waals surface area contributed by atoms with Gasteiger partial charge in [0.1, 0.15) is 11.6 Å². The maximum atomic E-state index is 13.8. The standard InChI is InChI=1S/C18H18ClF2NO2/c1-2-24-18(23)10-17(12-6-3-4-7-14(12)19)22-11-13-15(20)8-5-9-16(13)21/h3-9,17,22H,2,10-11H2,1H3. The second-order valence-corrected chi connectivity index (χ2v) is 5.57. The minimum absolute atomic E-state index is 0.00758. The Bertz CT molecular complexity index is 689. The molecule has 1 unspecified atom stereocenters. The van der Waals surface area contributed by atoms with Gasteiger partial charge in [-0.25, -0.2) is 8.78 Å². The van der Waals surface area contributed by atoms with Crippen LogP contribution in [-0.4, -0.2) is 12.6 Å². The maximum Gasteiger partial charge on any atom is 0.307 e. The van der Waals surface area contributed by atoms with E-state index >= 15 is 0 Å². The number of carbonyl (C=O) groups excluding carboxylic acids is 1. The molecule has 24 heavy (non-hydrogen) atoms. The summed E-state index contributed by atoms with van der Waals surface area (Å²) in [4.78, 5) is 11.8. The van der Waals surface area contributed by atoms with E-state index in [2.05, 4.69) is 5.32 Å². The van der Waals surface area contributed by atoms with Crippen LogP contribution < -0.4 is 5.32 Å². The molecule has 0 saturated heterocycles. The molecule has 0 aliphatic rings. The van der Waals surface area contributed by atoms with Gasteiger partial charge in [0.05, 0.1) is 13.0 Å². The third-order valence-electron chi connectivity index (χ3n) is 3.54. The summed E-state index contributed by atoms with van der Waals surface area (Å²) in [7, 11) is 0. The van der Waals surface area contributed by atoms with Crippen LogP contribution in [0.4, 0.5) is 8.78 Å². The molecule has 128 valence electrons. The predicted molar refractivity (Wildman–Crippen MR) is 88.6 cm³/mol. The number of esters is 1. The van der Waals surface area contributed by atoms with Gasteiger partial charge in [0, 0.05) is 23.2 Å². The molecule has 0 spiro atoms. The molecule has 0 aromatic heterocycles. The highest BCUT2D eigenvalue weighted by atomic mass is 35.5. The van der Waals surface area contributed by atoms with Gasteiger partial charge in [-0.2, -0.15) is 0 Å². The first-order valence-electron chi connectivity index (χ1n) is 7.59. The van der Waals surface area contributed by atoms with Crippen molar-refractivity contribution in [1.82, 2.24) is 5.32 Å². The van der Waals surface area contributed by atoms with Crippen molar-refractivity contribution >= 4 is 17.6 Å². The number of ether oxygens (including phenoxy) is 1. The van der Waals surface area contributed by atoms with Crippen LogP contribution in [0.5, 0.6) is 0 Å². The molecule has 2 aromatic carbocycles. The van der Waals surface area contributed by atoms with Crippen LogP contribution in [-0.2, 0) is 16.1 Å². The van der Waals surface area contributed by atoms with Crippen molar-refractivity contribution in [2.24, 2.45) is 0 Å². The van der Waals surface area contributed by atoms with E-state index in [1.54, 1.807) is 31.2 Å². The van der Waals surface area contributed by atoms with Crippen molar-refractivity contribution in [2.45, 2.75) is 25.9 Å². The highest BCUT2D eigenvalue weighted by Crippen LogP contribution is 2.26. The number of hydrogen-bond donors (Lipinski definition) is 1. The first kappa shape index (κ1) is 18.4. The summed E-state index contributed by atoms with van der Waals surface area (Å²) in [5.74, 6) is -1.70. The lowest BCUT2D eigenvalue weighted by Gasteiger charge is -2.20. The molecule has 0 aliphatic carbocycles. The van der Waals surface area contributed by atoms with Crippen molar-refractivity contribution in [2.75, 3.05) is 6.61 Å². The summed E-state index contributed by atoms with van der Waals surface area (Å²) >= 11 is 6.18. The van der Waals surface area contributed by atoms with Gasteiger partial charge in [-0.15, -0.1) is 0 Å². The van der Waals surface area contributed by atoms with Crippen molar-refractivity contribution in [3.8, 4) is 0 Å². The summed E-state index contributed by atoms with van der Waals surface area (Å²) in [5, 5.41) is 3.46. The number of rotatable bonds is 7. The molecular weight excluding hydrogens is 336 g/mol. The van der Waals surface area contributed by atoms with Crippen LogP contribution in [0.25, 0.3) is 0 Å². The number of halogens is 3. The minimum atomic E-state index is -0.642. The summed E-state index contributed by atoms with van der Waals surface area (Å²) in [6.45, 7) is 1.90. The molecule has 0 amide bonds. The van der Waals surface area contributed by atoms with Crippen molar-refractivity contribution in [1.29, 1.82) is 0 Å². The fourth-order valence-electron chi connectivity index (χ4n) is 2.36. The normalized spacial score (nSPS) is 12.0. The number of carbonyl (C=O) groups is 1. The second kappa shape index (κ2) is 8.76. The van der Waals surface area contributed by atoms with Gasteiger partial charge in [-0.05, 0) is 30.7 Å².